The van der Waals surface area contributed by atoms with Crippen LogP contribution in [0.3, 0.4) is 0 Å². The summed E-state index contributed by atoms with van der Waals surface area (Å²) in [5.74, 6) is 0. The molecule has 0 saturated carbocycles. The lowest BCUT2D eigenvalue weighted by Crippen LogP contribution is -2.31. The molecule has 148 valence electrons. The van der Waals surface area contributed by atoms with Crippen molar-refractivity contribution in [1.82, 2.24) is 13.8 Å². The van der Waals surface area contributed by atoms with Crippen LogP contribution in [-0.2, 0) is 23.1 Å². The zero-order valence-electron chi connectivity index (χ0n) is 15.8. The molecule has 0 atom stereocenters. The Morgan fingerprint density at radius 2 is 1.61 bits per heavy atom. The third kappa shape index (κ3) is 4.38. The molecule has 0 spiro atoms. The summed E-state index contributed by atoms with van der Waals surface area (Å²) < 4.78 is 27.4. The molecule has 0 aliphatic carbocycles. The predicted octanol–water partition coefficient (Wildman–Crippen LogP) is 3.49. The van der Waals surface area contributed by atoms with E-state index in [-0.39, 0.29) is 0 Å². The third-order valence-electron chi connectivity index (χ3n) is 5.15. The quantitative estimate of drug-likeness (QED) is 0.618. The van der Waals surface area contributed by atoms with Gasteiger partial charge in [0.25, 0.3) is 10.0 Å². The highest BCUT2D eigenvalue weighted by Gasteiger charge is 2.21. The Hall–Kier alpha value is -1.93. The minimum atomic E-state index is -3.55. The van der Waals surface area contributed by atoms with Crippen molar-refractivity contribution in [2.45, 2.75) is 24.4 Å². The van der Waals surface area contributed by atoms with Gasteiger partial charge in [-0.15, -0.1) is 0 Å². The van der Waals surface area contributed by atoms with E-state index in [1.54, 1.807) is 41.8 Å². The van der Waals surface area contributed by atoms with Gasteiger partial charge in [0.15, 0.2) is 0 Å². The smallest absolute Gasteiger partial charge is 0.267 e. The Bertz CT molecular complexity index is 982. The first-order valence-corrected chi connectivity index (χ1v) is 11.9. The van der Waals surface area contributed by atoms with Gasteiger partial charge in [0.2, 0.25) is 0 Å². The summed E-state index contributed by atoms with van der Waals surface area (Å²) in [6.45, 7) is 5.65. The highest BCUT2D eigenvalue weighted by molar-refractivity contribution is 7.90. The van der Waals surface area contributed by atoms with Crippen LogP contribution in [0.2, 0.25) is 0 Å². The molecule has 0 radical (unpaired) electrons. The largest absolute Gasteiger partial charge is 0.298 e. The van der Waals surface area contributed by atoms with Gasteiger partial charge in [-0.05, 0) is 66.2 Å². The van der Waals surface area contributed by atoms with Crippen molar-refractivity contribution in [1.29, 1.82) is 0 Å². The second kappa shape index (κ2) is 8.61. The van der Waals surface area contributed by atoms with Gasteiger partial charge in [-0.25, -0.2) is 12.4 Å². The number of benzene rings is 1. The van der Waals surface area contributed by atoms with E-state index in [1.807, 2.05) is 18.2 Å². The SMILES string of the molecule is O=S(=O)(c1ccccc1)n1cccc1CN1CCCN(Cc2ccsc2)CC1. The van der Waals surface area contributed by atoms with E-state index >= 15 is 0 Å². The van der Waals surface area contributed by atoms with Crippen LogP contribution in [0.4, 0.5) is 0 Å². The molecule has 0 amide bonds. The third-order valence-corrected chi connectivity index (χ3v) is 7.62. The number of hydrogen-bond acceptors (Lipinski definition) is 5. The van der Waals surface area contributed by atoms with Crippen LogP contribution >= 0.6 is 11.3 Å². The molecule has 2 aromatic heterocycles. The molecule has 3 aromatic rings. The van der Waals surface area contributed by atoms with Crippen LogP contribution in [0, 0.1) is 0 Å². The fourth-order valence-corrected chi connectivity index (χ4v) is 5.72. The zero-order valence-corrected chi connectivity index (χ0v) is 17.4. The summed E-state index contributed by atoms with van der Waals surface area (Å²) in [6, 6.07) is 14.6. The van der Waals surface area contributed by atoms with E-state index in [0.29, 0.717) is 11.4 Å². The summed E-state index contributed by atoms with van der Waals surface area (Å²) in [7, 11) is -3.55. The lowest BCUT2D eigenvalue weighted by molar-refractivity contribution is 0.245. The van der Waals surface area contributed by atoms with E-state index in [4.69, 9.17) is 0 Å². The van der Waals surface area contributed by atoms with Gasteiger partial charge in [-0.2, -0.15) is 11.3 Å². The van der Waals surface area contributed by atoms with Crippen LogP contribution in [0.15, 0.2) is 70.4 Å². The van der Waals surface area contributed by atoms with Crippen molar-refractivity contribution in [2.24, 2.45) is 0 Å². The fourth-order valence-electron chi connectivity index (χ4n) is 3.67. The van der Waals surface area contributed by atoms with Crippen molar-refractivity contribution in [2.75, 3.05) is 26.2 Å². The summed E-state index contributed by atoms with van der Waals surface area (Å²) in [4.78, 5) is 5.17. The zero-order chi connectivity index (χ0) is 19.4. The highest BCUT2D eigenvalue weighted by atomic mass is 32.2. The van der Waals surface area contributed by atoms with Crippen molar-refractivity contribution >= 4 is 21.4 Å². The molecule has 5 nitrogen and oxygen atoms in total. The van der Waals surface area contributed by atoms with Gasteiger partial charge >= 0.3 is 0 Å². The molecule has 28 heavy (non-hydrogen) atoms. The first-order chi connectivity index (χ1) is 13.6. The Balaban J connectivity index is 1.44. The number of nitrogens with zero attached hydrogens (tertiary/aromatic N) is 3. The molecular formula is C21H25N3O2S2. The monoisotopic (exact) mass is 415 g/mol. The molecule has 1 fully saturated rings. The van der Waals surface area contributed by atoms with Gasteiger partial charge in [0.05, 0.1) is 4.90 Å². The molecule has 1 aliphatic heterocycles. The lowest BCUT2D eigenvalue weighted by Gasteiger charge is -2.22. The summed E-state index contributed by atoms with van der Waals surface area (Å²) in [6.07, 6.45) is 2.74. The maximum atomic E-state index is 13.0. The Kier molecular flexibility index (Phi) is 5.96. The van der Waals surface area contributed by atoms with E-state index in [1.165, 1.54) is 9.54 Å². The van der Waals surface area contributed by atoms with Crippen LogP contribution in [-0.4, -0.2) is 48.4 Å². The number of hydrogen-bond donors (Lipinski definition) is 0. The van der Waals surface area contributed by atoms with E-state index < -0.39 is 10.0 Å². The minimum absolute atomic E-state index is 0.324. The van der Waals surface area contributed by atoms with E-state index in [0.717, 1.165) is 44.8 Å². The minimum Gasteiger partial charge on any atom is -0.298 e. The van der Waals surface area contributed by atoms with Crippen molar-refractivity contribution in [3.05, 3.63) is 76.7 Å². The van der Waals surface area contributed by atoms with Crippen LogP contribution in [0.25, 0.3) is 0 Å². The normalized spacial score (nSPS) is 16.9. The molecule has 3 heterocycles. The maximum Gasteiger partial charge on any atom is 0.267 e. The molecule has 4 rings (SSSR count). The molecule has 7 heteroatoms. The van der Waals surface area contributed by atoms with Crippen molar-refractivity contribution in [3.63, 3.8) is 0 Å². The van der Waals surface area contributed by atoms with Crippen molar-refractivity contribution in [3.8, 4) is 0 Å². The first-order valence-electron chi connectivity index (χ1n) is 9.55. The summed E-state index contributed by atoms with van der Waals surface area (Å²) >= 11 is 1.74. The summed E-state index contributed by atoms with van der Waals surface area (Å²) in [5.41, 5.74) is 2.19. The van der Waals surface area contributed by atoms with Crippen LogP contribution < -0.4 is 0 Å². The van der Waals surface area contributed by atoms with Gasteiger partial charge in [0, 0.05) is 38.1 Å². The Morgan fingerprint density at radius 1 is 0.857 bits per heavy atom. The number of rotatable bonds is 6. The van der Waals surface area contributed by atoms with Gasteiger partial charge < -0.3 is 0 Å². The average molecular weight is 416 g/mol. The first kappa shape index (κ1) is 19.4. The van der Waals surface area contributed by atoms with Crippen LogP contribution in [0.1, 0.15) is 17.7 Å². The van der Waals surface area contributed by atoms with Crippen molar-refractivity contribution < 1.29 is 8.42 Å². The molecule has 1 aromatic carbocycles. The maximum absolute atomic E-state index is 13.0. The number of thiophene rings is 1. The predicted molar refractivity (Wildman–Crippen MR) is 113 cm³/mol. The average Bonchev–Trinajstić information content (AvgIpc) is 3.33. The molecule has 0 unspecified atom stereocenters. The van der Waals surface area contributed by atoms with Gasteiger partial charge in [-0.3, -0.25) is 9.80 Å². The second-order valence-electron chi connectivity index (χ2n) is 7.15. The standard InChI is InChI=1S/C21H25N3O2S2/c25-28(26,21-7-2-1-3-8-21)24-12-4-6-20(24)17-23-11-5-10-22(13-14-23)16-19-9-15-27-18-19/h1-4,6-9,12,15,18H,5,10-11,13-14,16-17H2. The lowest BCUT2D eigenvalue weighted by atomic mass is 10.3. The molecule has 1 saturated heterocycles. The number of aromatic nitrogens is 1. The Labute approximate surface area is 170 Å². The Morgan fingerprint density at radius 3 is 2.32 bits per heavy atom. The highest BCUT2D eigenvalue weighted by Crippen LogP contribution is 2.19. The van der Waals surface area contributed by atoms with Crippen LogP contribution in [0.5, 0.6) is 0 Å². The molecule has 0 bridgehead atoms. The van der Waals surface area contributed by atoms with Gasteiger partial charge in [-0.1, -0.05) is 18.2 Å². The molecule has 0 N–H and O–H groups in total. The van der Waals surface area contributed by atoms with E-state index in [2.05, 4.69) is 26.6 Å². The van der Waals surface area contributed by atoms with E-state index in [9.17, 15) is 8.42 Å². The topological polar surface area (TPSA) is 45.6 Å². The fraction of sp³-hybridized carbons (Fsp3) is 0.333. The summed E-state index contributed by atoms with van der Waals surface area (Å²) in [5, 5.41) is 4.34. The van der Waals surface area contributed by atoms with Gasteiger partial charge in [0.1, 0.15) is 0 Å². The molecular weight excluding hydrogens is 390 g/mol. The molecule has 1 aliphatic rings. The second-order valence-corrected chi connectivity index (χ2v) is 9.75.